The van der Waals surface area contributed by atoms with Crippen molar-refractivity contribution < 1.29 is 0 Å². The number of nitrogens with zero attached hydrogens (tertiary/aromatic N) is 4. The van der Waals surface area contributed by atoms with Crippen molar-refractivity contribution in [2.24, 2.45) is 0 Å². The number of likely N-dealkylation sites (N-methyl/N-ethyl adjacent to an activating group) is 1. The van der Waals surface area contributed by atoms with Crippen LogP contribution in [0, 0.1) is 11.3 Å². The van der Waals surface area contributed by atoms with Crippen molar-refractivity contribution in [3.8, 4) is 6.07 Å². The molecular formula is C12H12N4S. The highest BCUT2D eigenvalue weighted by Gasteiger charge is 2.05. The summed E-state index contributed by atoms with van der Waals surface area (Å²) < 4.78 is 0. The highest BCUT2D eigenvalue weighted by atomic mass is 32.1. The number of hydrogen-bond acceptors (Lipinski definition) is 5. The quantitative estimate of drug-likeness (QED) is 0.826. The van der Waals surface area contributed by atoms with Crippen LogP contribution in [0.15, 0.2) is 29.8 Å². The fraction of sp³-hybridized carbons (Fsp3) is 0.250. The Morgan fingerprint density at radius 3 is 3.06 bits per heavy atom. The van der Waals surface area contributed by atoms with E-state index in [-0.39, 0.29) is 0 Å². The molecule has 2 aromatic rings. The van der Waals surface area contributed by atoms with E-state index >= 15 is 0 Å². The summed E-state index contributed by atoms with van der Waals surface area (Å²) >= 11 is 1.75. The molecule has 0 saturated carbocycles. The van der Waals surface area contributed by atoms with Crippen molar-refractivity contribution in [3.63, 3.8) is 0 Å². The van der Waals surface area contributed by atoms with E-state index in [0.29, 0.717) is 11.6 Å². The highest BCUT2D eigenvalue weighted by Crippen LogP contribution is 2.11. The van der Waals surface area contributed by atoms with Crippen LogP contribution in [0.2, 0.25) is 0 Å². The lowest BCUT2D eigenvalue weighted by atomic mass is 10.3. The van der Waals surface area contributed by atoms with E-state index in [2.05, 4.69) is 21.4 Å². The van der Waals surface area contributed by atoms with Crippen LogP contribution in [0.4, 0.5) is 5.95 Å². The molecule has 0 unspecified atom stereocenters. The van der Waals surface area contributed by atoms with Crippen molar-refractivity contribution >= 4 is 17.3 Å². The number of aromatic nitrogens is 2. The van der Waals surface area contributed by atoms with Gasteiger partial charge in [0, 0.05) is 24.7 Å². The molecule has 0 fully saturated rings. The summed E-state index contributed by atoms with van der Waals surface area (Å²) in [6, 6.07) is 7.79. The minimum absolute atomic E-state index is 0.401. The van der Waals surface area contributed by atoms with E-state index in [0.717, 1.165) is 13.0 Å². The number of nitriles is 1. The normalized spacial score (nSPS) is 9.88. The maximum atomic E-state index is 8.77. The highest BCUT2D eigenvalue weighted by molar-refractivity contribution is 7.09. The smallest absolute Gasteiger partial charge is 0.226 e. The van der Waals surface area contributed by atoms with Crippen LogP contribution in [0.3, 0.4) is 0 Å². The zero-order valence-electron chi connectivity index (χ0n) is 9.50. The Bertz CT molecular complexity index is 516. The van der Waals surface area contributed by atoms with Crippen LogP contribution in [-0.4, -0.2) is 23.6 Å². The Hall–Kier alpha value is -1.93. The minimum Gasteiger partial charge on any atom is -0.343 e. The molecule has 0 spiro atoms. The van der Waals surface area contributed by atoms with Crippen LogP contribution in [-0.2, 0) is 6.42 Å². The van der Waals surface area contributed by atoms with Gasteiger partial charge in [0.2, 0.25) is 5.95 Å². The van der Waals surface area contributed by atoms with Crippen molar-refractivity contribution in [1.82, 2.24) is 9.97 Å². The number of thiophene rings is 1. The van der Waals surface area contributed by atoms with Crippen LogP contribution >= 0.6 is 11.3 Å². The van der Waals surface area contributed by atoms with Crippen molar-refractivity contribution in [3.05, 3.63) is 40.3 Å². The summed E-state index contributed by atoms with van der Waals surface area (Å²) in [5.74, 6) is 0.598. The molecule has 0 radical (unpaired) electrons. The fourth-order valence-corrected chi connectivity index (χ4v) is 2.13. The molecule has 0 atom stereocenters. The standard InChI is InChI=1S/C12H12N4S/c1-16(7-5-11-3-2-8-17-11)12-14-6-4-10(9-13)15-12/h2-4,6,8H,5,7H2,1H3. The molecule has 2 heterocycles. The molecule has 2 rings (SSSR count). The number of hydrogen-bond donors (Lipinski definition) is 0. The third-order valence-corrected chi connectivity index (χ3v) is 3.31. The third-order valence-electron chi connectivity index (χ3n) is 2.37. The third kappa shape index (κ3) is 3.02. The average molecular weight is 244 g/mol. The minimum atomic E-state index is 0.401. The van der Waals surface area contributed by atoms with E-state index < -0.39 is 0 Å². The van der Waals surface area contributed by atoms with Gasteiger partial charge in [-0.15, -0.1) is 11.3 Å². The predicted molar refractivity (Wildman–Crippen MR) is 68.0 cm³/mol. The lowest BCUT2D eigenvalue weighted by Crippen LogP contribution is -2.22. The molecule has 0 aliphatic heterocycles. The SMILES string of the molecule is CN(CCc1cccs1)c1nccc(C#N)n1. The van der Waals surface area contributed by atoms with E-state index in [1.807, 2.05) is 24.1 Å². The number of rotatable bonds is 4. The molecule has 0 aromatic carbocycles. The summed E-state index contributed by atoms with van der Waals surface area (Å²) in [6.45, 7) is 0.843. The van der Waals surface area contributed by atoms with Crippen LogP contribution in [0.1, 0.15) is 10.6 Å². The zero-order valence-corrected chi connectivity index (χ0v) is 10.3. The van der Waals surface area contributed by atoms with Gasteiger partial charge in [-0.2, -0.15) is 5.26 Å². The Morgan fingerprint density at radius 2 is 2.35 bits per heavy atom. The molecule has 0 amide bonds. The zero-order chi connectivity index (χ0) is 12.1. The molecule has 0 bridgehead atoms. The molecular weight excluding hydrogens is 232 g/mol. The second-order valence-electron chi connectivity index (χ2n) is 3.60. The van der Waals surface area contributed by atoms with Gasteiger partial charge in [-0.1, -0.05) is 6.07 Å². The van der Waals surface area contributed by atoms with Gasteiger partial charge in [-0.3, -0.25) is 0 Å². The first-order valence-electron chi connectivity index (χ1n) is 5.26. The summed E-state index contributed by atoms with van der Waals surface area (Å²) in [6.07, 6.45) is 2.58. The summed E-state index contributed by atoms with van der Waals surface area (Å²) in [5.41, 5.74) is 0.401. The molecule has 5 heteroatoms. The Morgan fingerprint density at radius 1 is 1.47 bits per heavy atom. The lowest BCUT2D eigenvalue weighted by molar-refractivity contribution is 0.843. The van der Waals surface area contributed by atoms with Crippen LogP contribution in [0.5, 0.6) is 0 Å². The average Bonchev–Trinajstić information content (AvgIpc) is 2.89. The topological polar surface area (TPSA) is 52.8 Å². The second kappa shape index (κ2) is 5.41. The van der Waals surface area contributed by atoms with Gasteiger partial charge in [0.25, 0.3) is 0 Å². The van der Waals surface area contributed by atoms with Crippen LogP contribution in [0.25, 0.3) is 0 Å². The second-order valence-corrected chi connectivity index (χ2v) is 4.64. The molecule has 0 saturated heterocycles. The summed E-state index contributed by atoms with van der Waals surface area (Å²) in [7, 11) is 1.93. The van der Waals surface area contributed by atoms with E-state index in [1.165, 1.54) is 4.88 Å². The maximum Gasteiger partial charge on any atom is 0.226 e. The predicted octanol–water partition coefficient (Wildman–Crippen LogP) is 2.09. The molecule has 0 aliphatic carbocycles. The largest absolute Gasteiger partial charge is 0.343 e. The van der Waals surface area contributed by atoms with Crippen LogP contribution < -0.4 is 4.90 Å². The van der Waals surface area contributed by atoms with Gasteiger partial charge in [-0.25, -0.2) is 9.97 Å². The molecule has 0 aliphatic rings. The molecule has 4 nitrogen and oxygen atoms in total. The van der Waals surface area contributed by atoms with Gasteiger partial charge in [0.05, 0.1) is 0 Å². The van der Waals surface area contributed by atoms with E-state index in [9.17, 15) is 0 Å². The lowest BCUT2D eigenvalue weighted by Gasteiger charge is -2.15. The number of anilines is 1. The summed E-state index contributed by atoms with van der Waals surface area (Å²) in [5, 5.41) is 10.8. The van der Waals surface area contributed by atoms with Crippen molar-refractivity contribution in [2.45, 2.75) is 6.42 Å². The Labute approximate surface area is 104 Å². The van der Waals surface area contributed by atoms with Gasteiger partial charge in [0.1, 0.15) is 11.8 Å². The summed E-state index contributed by atoms with van der Waals surface area (Å²) in [4.78, 5) is 11.6. The molecule has 0 N–H and O–H groups in total. The van der Waals surface area contributed by atoms with Crippen molar-refractivity contribution in [2.75, 3.05) is 18.5 Å². The van der Waals surface area contributed by atoms with Gasteiger partial charge in [0.15, 0.2) is 0 Å². The van der Waals surface area contributed by atoms with E-state index in [1.54, 1.807) is 23.6 Å². The molecule has 17 heavy (non-hydrogen) atoms. The first-order valence-corrected chi connectivity index (χ1v) is 6.14. The molecule has 2 aromatic heterocycles. The Kier molecular flexibility index (Phi) is 3.68. The van der Waals surface area contributed by atoms with Gasteiger partial charge >= 0.3 is 0 Å². The van der Waals surface area contributed by atoms with E-state index in [4.69, 9.17) is 5.26 Å². The fourth-order valence-electron chi connectivity index (χ4n) is 1.43. The monoisotopic (exact) mass is 244 g/mol. The van der Waals surface area contributed by atoms with Gasteiger partial charge < -0.3 is 4.90 Å². The van der Waals surface area contributed by atoms with Gasteiger partial charge in [-0.05, 0) is 23.9 Å². The molecule has 86 valence electrons. The first-order chi connectivity index (χ1) is 8.29. The Balaban J connectivity index is 1.99. The first kappa shape index (κ1) is 11.6. The maximum absolute atomic E-state index is 8.77. The van der Waals surface area contributed by atoms with Crippen molar-refractivity contribution in [1.29, 1.82) is 5.26 Å².